The molecule has 114 valence electrons. The Morgan fingerprint density at radius 1 is 1.48 bits per heavy atom. The highest BCUT2D eigenvalue weighted by Gasteiger charge is 2.32. The van der Waals surface area contributed by atoms with Gasteiger partial charge in [-0.1, -0.05) is 6.07 Å². The second-order valence-electron chi connectivity index (χ2n) is 5.24. The van der Waals surface area contributed by atoms with Crippen LogP contribution in [0.1, 0.15) is 23.9 Å². The monoisotopic (exact) mass is 356 g/mol. The molecular weight excluding hydrogens is 339 g/mol. The molecule has 0 saturated heterocycles. The first-order chi connectivity index (χ1) is 9.77. The molecule has 0 radical (unpaired) electrons. The highest BCUT2D eigenvalue weighted by atomic mass is 79.9. The summed E-state index contributed by atoms with van der Waals surface area (Å²) in [4.78, 5) is 0. The van der Waals surface area contributed by atoms with Crippen LogP contribution in [0.5, 0.6) is 5.75 Å². The van der Waals surface area contributed by atoms with Crippen LogP contribution in [0.3, 0.4) is 0 Å². The molecule has 1 atom stereocenters. The largest absolute Gasteiger partial charge is 0.496 e. The highest BCUT2D eigenvalue weighted by molar-refractivity contribution is 9.10. The zero-order chi connectivity index (χ0) is 15.8. The number of aliphatic hydroxyl groups is 1. The number of hydrogen-bond donors (Lipinski definition) is 1. The van der Waals surface area contributed by atoms with Crippen LogP contribution in [-0.4, -0.2) is 22.0 Å². The molecule has 0 spiro atoms. The molecule has 4 nitrogen and oxygen atoms in total. The molecule has 1 N–H and O–H groups in total. The summed E-state index contributed by atoms with van der Waals surface area (Å²) in [5, 5.41) is 15.1. The molecule has 1 aromatic carbocycles. The Balaban J connectivity index is 2.48. The van der Waals surface area contributed by atoms with Crippen molar-refractivity contribution in [3.63, 3.8) is 0 Å². The maximum atomic E-state index is 14.2. The van der Waals surface area contributed by atoms with Gasteiger partial charge >= 0.3 is 0 Å². The molecule has 0 aliphatic heterocycles. The van der Waals surface area contributed by atoms with Gasteiger partial charge in [0.25, 0.3) is 0 Å². The predicted octanol–water partition coefficient (Wildman–Crippen LogP) is 3.09. The topological polar surface area (TPSA) is 47.3 Å². The van der Waals surface area contributed by atoms with Gasteiger partial charge in [0.1, 0.15) is 11.6 Å². The van der Waals surface area contributed by atoms with Gasteiger partial charge in [0.15, 0.2) is 0 Å². The van der Waals surface area contributed by atoms with Crippen LogP contribution in [0.2, 0.25) is 0 Å². The van der Waals surface area contributed by atoms with E-state index in [1.807, 2.05) is 6.92 Å². The van der Waals surface area contributed by atoms with Crippen molar-refractivity contribution >= 4 is 15.9 Å². The Labute approximate surface area is 131 Å². The third kappa shape index (κ3) is 2.96. The van der Waals surface area contributed by atoms with Crippen molar-refractivity contribution in [3.05, 3.63) is 45.4 Å². The number of benzene rings is 1. The van der Waals surface area contributed by atoms with Crippen molar-refractivity contribution in [1.29, 1.82) is 0 Å². The third-order valence-corrected chi connectivity index (χ3v) is 4.54. The summed E-state index contributed by atoms with van der Waals surface area (Å²) in [6.07, 6.45) is 0.211. The SMILES string of the molecule is COc1cccc(F)c1C(C)(O)Cc1c(Br)c(C)nn1C. The van der Waals surface area contributed by atoms with Crippen molar-refractivity contribution in [3.8, 4) is 5.75 Å². The average molecular weight is 357 g/mol. The lowest BCUT2D eigenvalue weighted by Crippen LogP contribution is -2.28. The van der Waals surface area contributed by atoms with Gasteiger partial charge in [-0.3, -0.25) is 4.68 Å². The molecule has 1 heterocycles. The van der Waals surface area contributed by atoms with Gasteiger partial charge in [0.05, 0.1) is 34.1 Å². The molecule has 2 rings (SSSR count). The second-order valence-corrected chi connectivity index (χ2v) is 6.03. The molecule has 0 amide bonds. The van der Waals surface area contributed by atoms with Crippen LogP contribution in [0.4, 0.5) is 4.39 Å². The lowest BCUT2D eigenvalue weighted by Gasteiger charge is -2.26. The van der Waals surface area contributed by atoms with Gasteiger partial charge < -0.3 is 9.84 Å². The first kappa shape index (κ1) is 16.0. The Hall–Kier alpha value is -1.40. The number of rotatable bonds is 4. The van der Waals surface area contributed by atoms with Gasteiger partial charge in [-0.25, -0.2) is 4.39 Å². The maximum absolute atomic E-state index is 14.2. The zero-order valence-electron chi connectivity index (χ0n) is 12.4. The molecule has 0 fully saturated rings. The van der Waals surface area contributed by atoms with Gasteiger partial charge in [-0.05, 0) is 41.9 Å². The van der Waals surface area contributed by atoms with E-state index < -0.39 is 11.4 Å². The molecule has 1 unspecified atom stereocenters. The number of hydrogen-bond acceptors (Lipinski definition) is 3. The summed E-state index contributed by atoms with van der Waals surface area (Å²) in [7, 11) is 3.25. The second kappa shape index (κ2) is 5.77. The van der Waals surface area contributed by atoms with Gasteiger partial charge in [0.2, 0.25) is 0 Å². The molecule has 1 aromatic heterocycles. The fourth-order valence-electron chi connectivity index (χ4n) is 2.48. The number of aryl methyl sites for hydroxylation is 2. The summed E-state index contributed by atoms with van der Waals surface area (Å²) >= 11 is 3.46. The lowest BCUT2D eigenvalue weighted by molar-refractivity contribution is 0.0489. The van der Waals surface area contributed by atoms with Crippen LogP contribution in [0.15, 0.2) is 22.7 Å². The molecule has 0 bridgehead atoms. The van der Waals surface area contributed by atoms with E-state index in [9.17, 15) is 9.50 Å². The zero-order valence-corrected chi connectivity index (χ0v) is 14.0. The van der Waals surface area contributed by atoms with Crippen LogP contribution in [0, 0.1) is 12.7 Å². The smallest absolute Gasteiger partial charge is 0.133 e. The average Bonchev–Trinajstić information content (AvgIpc) is 2.64. The van der Waals surface area contributed by atoms with Crippen molar-refractivity contribution in [2.75, 3.05) is 7.11 Å². The summed E-state index contributed by atoms with van der Waals surface area (Å²) < 4.78 is 21.9. The van der Waals surface area contributed by atoms with E-state index in [0.717, 1.165) is 15.9 Å². The number of methoxy groups -OCH3 is 1. The van der Waals surface area contributed by atoms with Crippen LogP contribution in [-0.2, 0) is 19.1 Å². The molecule has 6 heteroatoms. The lowest BCUT2D eigenvalue weighted by atomic mass is 9.89. The number of aromatic nitrogens is 2. The van der Waals surface area contributed by atoms with Crippen LogP contribution in [0.25, 0.3) is 0 Å². The summed E-state index contributed by atoms with van der Waals surface area (Å²) in [5.74, 6) is -0.163. The summed E-state index contributed by atoms with van der Waals surface area (Å²) in [6.45, 7) is 3.44. The number of halogens is 2. The fourth-order valence-corrected chi connectivity index (χ4v) is 2.96. The Kier molecular flexibility index (Phi) is 4.39. The van der Waals surface area contributed by atoms with Gasteiger partial charge in [-0.15, -0.1) is 0 Å². The Morgan fingerprint density at radius 2 is 2.14 bits per heavy atom. The minimum absolute atomic E-state index is 0.151. The minimum atomic E-state index is -1.42. The van der Waals surface area contributed by atoms with Gasteiger partial charge in [0, 0.05) is 13.5 Å². The van der Waals surface area contributed by atoms with Crippen molar-refractivity contribution in [1.82, 2.24) is 9.78 Å². The van der Waals surface area contributed by atoms with E-state index in [0.29, 0.717) is 5.75 Å². The maximum Gasteiger partial charge on any atom is 0.133 e. The van der Waals surface area contributed by atoms with E-state index in [1.54, 1.807) is 30.8 Å². The Morgan fingerprint density at radius 3 is 2.67 bits per heavy atom. The first-order valence-corrected chi connectivity index (χ1v) is 7.30. The standard InChI is InChI=1S/C15H18BrFN2O2/c1-9-14(16)11(19(3)18-9)8-15(2,20)13-10(17)6-5-7-12(13)21-4/h5-7,20H,8H2,1-4H3. The molecular formula is C15H18BrFN2O2. The van der Waals surface area contributed by atoms with Crippen LogP contribution < -0.4 is 4.74 Å². The van der Waals surface area contributed by atoms with Crippen molar-refractivity contribution < 1.29 is 14.2 Å². The highest BCUT2D eigenvalue weighted by Crippen LogP contribution is 2.36. The van der Waals surface area contributed by atoms with Gasteiger partial charge in [-0.2, -0.15) is 5.10 Å². The molecule has 2 aromatic rings. The molecule has 0 aliphatic carbocycles. The number of ether oxygens (including phenoxy) is 1. The summed E-state index contributed by atoms with van der Waals surface area (Å²) in [6, 6.07) is 4.50. The third-order valence-electron chi connectivity index (χ3n) is 3.51. The quantitative estimate of drug-likeness (QED) is 0.915. The van der Waals surface area contributed by atoms with Crippen molar-refractivity contribution in [2.45, 2.75) is 25.9 Å². The minimum Gasteiger partial charge on any atom is -0.496 e. The van der Waals surface area contributed by atoms with E-state index >= 15 is 0 Å². The molecule has 21 heavy (non-hydrogen) atoms. The fraction of sp³-hybridized carbons (Fsp3) is 0.400. The van der Waals surface area contributed by atoms with E-state index in [2.05, 4.69) is 21.0 Å². The van der Waals surface area contributed by atoms with Crippen molar-refractivity contribution in [2.24, 2.45) is 7.05 Å². The van der Waals surface area contributed by atoms with E-state index in [-0.39, 0.29) is 12.0 Å². The van der Waals surface area contributed by atoms with Crippen LogP contribution >= 0.6 is 15.9 Å². The predicted molar refractivity (Wildman–Crippen MR) is 81.9 cm³/mol. The number of nitrogens with zero attached hydrogens (tertiary/aromatic N) is 2. The molecule has 0 saturated carbocycles. The van der Waals surface area contributed by atoms with E-state index in [4.69, 9.17) is 4.74 Å². The Bertz CT molecular complexity index is 668. The normalized spacial score (nSPS) is 14.0. The summed E-state index contributed by atoms with van der Waals surface area (Å²) in [5.41, 5.74) is 0.351. The first-order valence-electron chi connectivity index (χ1n) is 6.51. The molecule has 0 aliphatic rings. The van der Waals surface area contributed by atoms with E-state index in [1.165, 1.54) is 13.2 Å².